The Kier molecular flexibility index (Phi) is 5.03. The average Bonchev–Trinajstić information content (AvgIpc) is 3.09. The third-order valence-corrected chi connectivity index (χ3v) is 5.89. The molecule has 158 valence electrons. The van der Waals surface area contributed by atoms with Gasteiger partial charge in [0, 0.05) is 24.7 Å². The molecule has 0 unspecified atom stereocenters. The van der Waals surface area contributed by atoms with E-state index in [0.717, 1.165) is 10.7 Å². The van der Waals surface area contributed by atoms with E-state index < -0.39 is 16.0 Å². The lowest BCUT2D eigenvalue weighted by atomic mass is 10.2. The van der Waals surface area contributed by atoms with Gasteiger partial charge in [-0.25, -0.2) is 18.2 Å². The molecular formula is C20H17N5O5S. The second-order valence-electron chi connectivity index (χ2n) is 6.70. The Morgan fingerprint density at radius 2 is 1.84 bits per heavy atom. The summed E-state index contributed by atoms with van der Waals surface area (Å²) in [5, 5.41) is 13.6. The zero-order valence-electron chi connectivity index (χ0n) is 16.5. The number of aromatic nitrogens is 4. The smallest absolute Gasteiger partial charge is 0.341 e. The molecule has 0 aliphatic rings. The highest BCUT2D eigenvalue weighted by Gasteiger charge is 2.24. The number of benzene rings is 1. The molecule has 4 aromatic rings. The number of pyridine rings is 1. The Hall–Kier alpha value is -3.99. The lowest BCUT2D eigenvalue weighted by molar-refractivity contribution is 0.0697. The summed E-state index contributed by atoms with van der Waals surface area (Å²) in [6.07, 6.45) is 4.25. The van der Waals surface area contributed by atoms with Gasteiger partial charge < -0.3 is 9.84 Å². The molecule has 0 spiro atoms. The number of sulfonamides is 1. The molecule has 1 aromatic carbocycles. The fraction of sp³-hybridized carbons (Fsp3) is 0.100. The molecule has 0 bridgehead atoms. The van der Waals surface area contributed by atoms with Crippen molar-refractivity contribution < 1.29 is 23.1 Å². The molecule has 0 atom stereocenters. The summed E-state index contributed by atoms with van der Waals surface area (Å²) < 4.78 is 35.4. The van der Waals surface area contributed by atoms with Crippen LogP contribution in [0.5, 0.6) is 11.5 Å². The minimum Gasteiger partial charge on any atom is -0.477 e. The van der Waals surface area contributed by atoms with Gasteiger partial charge in [-0.1, -0.05) is 0 Å². The van der Waals surface area contributed by atoms with Crippen LogP contribution in [0.2, 0.25) is 0 Å². The van der Waals surface area contributed by atoms with Gasteiger partial charge in [-0.15, -0.1) is 0 Å². The van der Waals surface area contributed by atoms with Gasteiger partial charge in [-0.05, 0) is 49.7 Å². The second-order valence-corrected chi connectivity index (χ2v) is 8.35. The molecule has 4 rings (SSSR count). The van der Waals surface area contributed by atoms with Crippen LogP contribution in [-0.4, -0.2) is 39.1 Å². The number of aromatic carboxylic acids is 1. The van der Waals surface area contributed by atoms with Crippen LogP contribution in [0.1, 0.15) is 21.6 Å². The number of anilines is 1. The van der Waals surface area contributed by atoms with Crippen molar-refractivity contribution in [2.75, 3.05) is 4.72 Å². The van der Waals surface area contributed by atoms with Crippen molar-refractivity contribution in [1.29, 1.82) is 0 Å². The molecular weight excluding hydrogens is 422 g/mol. The Morgan fingerprint density at radius 3 is 2.52 bits per heavy atom. The van der Waals surface area contributed by atoms with E-state index in [1.54, 1.807) is 50.5 Å². The maximum atomic E-state index is 13.1. The molecule has 11 heteroatoms. The molecule has 0 aliphatic heterocycles. The van der Waals surface area contributed by atoms with Gasteiger partial charge in [0.2, 0.25) is 0 Å². The molecule has 0 aliphatic carbocycles. The van der Waals surface area contributed by atoms with E-state index >= 15 is 0 Å². The Balaban J connectivity index is 1.71. The minimum atomic E-state index is -4.14. The number of hydrogen-bond donors (Lipinski definition) is 2. The number of carboxylic acids is 1. The van der Waals surface area contributed by atoms with Crippen molar-refractivity contribution in [2.45, 2.75) is 18.7 Å². The summed E-state index contributed by atoms with van der Waals surface area (Å²) in [5.74, 6) is -0.537. The quantitative estimate of drug-likeness (QED) is 0.468. The highest BCUT2D eigenvalue weighted by Crippen LogP contribution is 2.27. The average molecular weight is 439 g/mol. The van der Waals surface area contributed by atoms with Crippen molar-refractivity contribution >= 4 is 27.5 Å². The molecule has 0 fully saturated rings. The van der Waals surface area contributed by atoms with Crippen LogP contribution in [0.25, 0.3) is 5.65 Å². The number of hydrogen-bond acceptors (Lipinski definition) is 7. The maximum absolute atomic E-state index is 13.1. The number of carbonyl (C=O) groups is 1. The van der Waals surface area contributed by atoms with E-state index in [4.69, 9.17) is 4.74 Å². The van der Waals surface area contributed by atoms with Gasteiger partial charge >= 0.3 is 5.97 Å². The molecule has 10 nitrogen and oxygen atoms in total. The van der Waals surface area contributed by atoms with Crippen molar-refractivity contribution in [3.63, 3.8) is 0 Å². The predicted molar refractivity (Wildman–Crippen MR) is 111 cm³/mol. The third kappa shape index (κ3) is 4.03. The van der Waals surface area contributed by atoms with Gasteiger partial charge in [0.25, 0.3) is 10.0 Å². The molecule has 0 amide bonds. The molecule has 31 heavy (non-hydrogen) atoms. The number of ether oxygens (including phenoxy) is 1. The fourth-order valence-electron chi connectivity index (χ4n) is 3.01. The van der Waals surface area contributed by atoms with E-state index in [1.807, 2.05) is 0 Å². The number of rotatable bonds is 6. The van der Waals surface area contributed by atoms with Crippen LogP contribution >= 0.6 is 0 Å². The maximum Gasteiger partial charge on any atom is 0.341 e. The van der Waals surface area contributed by atoms with Crippen molar-refractivity contribution in [3.8, 4) is 11.5 Å². The van der Waals surface area contributed by atoms with E-state index in [-0.39, 0.29) is 16.3 Å². The highest BCUT2D eigenvalue weighted by molar-refractivity contribution is 7.92. The molecule has 3 aromatic heterocycles. The largest absolute Gasteiger partial charge is 0.477 e. The van der Waals surface area contributed by atoms with Gasteiger partial charge in [-0.3, -0.25) is 9.71 Å². The zero-order chi connectivity index (χ0) is 22.2. The topological polar surface area (TPSA) is 136 Å². The molecule has 0 saturated heterocycles. The number of aryl methyl sites for hydroxylation is 2. The molecule has 3 heterocycles. The predicted octanol–water partition coefficient (Wildman–Crippen LogP) is 3.03. The van der Waals surface area contributed by atoms with E-state index in [9.17, 15) is 18.3 Å². The van der Waals surface area contributed by atoms with Crippen LogP contribution in [0, 0.1) is 13.8 Å². The second kappa shape index (κ2) is 7.69. The van der Waals surface area contributed by atoms with Crippen LogP contribution in [-0.2, 0) is 10.0 Å². The third-order valence-electron chi connectivity index (χ3n) is 4.39. The Labute approximate surface area is 177 Å². The lowest BCUT2D eigenvalue weighted by Crippen LogP contribution is -2.20. The fourth-order valence-corrected chi connectivity index (χ4v) is 4.31. The van der Waals surface area contributed by atoms with Crippen LogP contribution in [0.4, 0.5) is 5.82 Å². The Bertz CT molecular complexity index is 1400. The van der Waals surface area contributed by atoms with Crippen LogP contribution in [0.15, 0.2) is 59.9 Å². The number of nitrogens with one attached hydrogen (secondary N) is 1. The van der Waals surface area contributed by atoms with E-state index in [0.29, 0.717) is 28.4 Å². The van der Waals surface area contributed by atoms with Crippen molar-refractivity contribution in [3.05, 3.63) is 71.8 Å². The van der Waals surface area contributed by atoms with Crippen molar-refractivity contribution in [1.82, 2.24) is 19.6 Å². The van der Waals surface area contributed by atoms with E-state index in [2.05, 4.69) is 19.8 Å². The van der Waals surface area contributed by atoms with Crippen molar-refractivity contribution in [2.24, 2.45) is 0 Å². The van der Waals surface area contributed by atoms with Gasteiger partial charge in [-0.2, -0.15) is 9.61 Å². The summed E-state index contributed by atoms with van der Waals surface area (Å²) in [4.78, 5) is 19.5. The molecule has 0 radical (unpaired) electrons. The number of fused-ring (bicyclic) bond motifs is 1. The highest BCUT2D eigenvalue weighted by atomic mass is 32.2. The number of carboxylic acid groups (broad SMARTS) is 1. The summed E-state index contributed by atoms with van der Waals surface area (Å²) in [7, 11) is -4.14. The first-order valence-electron chi connectivity index (χ1n) is 9.04. The first-order chi connectivity index (χ1) is 14.7. The first-order valence-corrected chi connectivity index (χ1v) is 10.5. The van der Waals surface area contributed by atoms with Crippen LogP contribution < -0.4 is 9.46 Å². The first kappa shape index (κ1) is 20.3. The summed E-state index contributed by atoms with van der Waals surface area (Å²) >= 11 is 0. The summed E-state index contributed by atoms with van der Waals surface area (Å²) in [5.41, 5.74) is 0.967. The standard InChI is InChI=1S/C20H17N5O5S/c1-12-9-15(30-14-5-7-21-8-6-14)3-4-17(12)31(28,29)24-19-16(20(26)27)11-22-18-10-13(2)23-25(18)19/h3-11,24H,1-2H3,(H,26,27). The van der Waals surface area contributed by atoms with Gasteiger partial charge in [0.15, 0.2) is 11.5 Å². The van der Waals surface area contributed by atoms with Crippen LogP contribution in [0.3, 0.4) is 0 Å². The monoisotopic (exact) mass is 439 g/mol. The SMILES string of the molecule is Cc1cc2ncc(C(=O)O)c(NS(=O)(=O)c3ccc(Oc4ccncc4)cc3C)n2n1. The number of nitrogens with zero attached hydrogens (tertiary/aromatic N) is 4. The van der Waals surface area contributed by atoms with Gasteiger partial charge in [0.05, 0.1) is 10.6 Å². The zero-order valence-corrected chi connectivity index (χ0v) is 17.3. The van der Waals surface area contributed by atoms with Gasteiger partial charge in [0.1, 0.15) is 17.1 Å². The normalized spacial score (nSPS) is 11.4. The lowest BCUT2D eigenvalue weighted by Gasteiger charge is -2.14. The summed E-state index contributed by atoms with van der Waals surface area (Å²) in [6.45, 7) is 3.31. The minimum absolute atomic E-state index is 0.0280. The summed E-state index contributed by atoms with van der Waals surface area (Å²) in [6, 6.07) is 9.44. The molecule has 2 N–H and O–H groups in total. The van der Waals surface area contributed by atoms with E-state index in [1.165, 1.54) is 12.1 Å². The molecule has 0 saturated carbocycles. The Morgan fingerprint density at radius 1 is 1.10 bits per heavy atom.